The summed E-state index contributed by atoms with van der Waals surface area (Å²) in [7, 11) is -3.21. The number of nitrogens with zero attached hydrogens (tertiary/aromatic N) is 1. The van der Waals surface area contributed by atoms with Crippen LogP contribution >= 0.6 is 11.6 Å². The molecule has 172 valence electrons. The zero-order valence-electron chi connectivity index (χ0n) is 17.5. The van der Waals surface area contributed by atoms with Crippen molar-refractivity contribution < 1.29 is 32.3 Å². The third-order valence-electron chi connectivity index (χ3n) is 5.49. The third kappa shape index (κ3) is 4.62. The van der Waals surface area contributed by atoms with Gasteiger partial charge in [0.2, 0.25) is 0 Å². The van der Waals surface area contributed by atoms with Crippen LogP contribution in [0.15, 0.2) is 42.5 Å². The highest BCUT2D eigenvalue weighted by Crippen LogP contribution is 2.30. The molecule has 1 unspecified atom stereocenters. The van der Waals surface area contributed by atoms with Gasteiger partial charge in [0.1, 0.15) is 0 Å². The van der Waals surface area contributed by atoms with Gasteiger partial charge in [-0.05, 0) is 55.8 Å². The largest absolute Gasteiger partial charge is 0.452 e. The van der Waals surface area contributed by atoms with Crippen LogP contribution in [0.4, 0.5) is 5.69 Å². The molecule has 0 spiro atoms. The molecule has 3 amide bonds. The lowest BCUT2D eigenvalue weighted by molar-refractivity contribution is -0.125. The van der Waals surface area contributed by atoms with Gasteiger partial charge in [0, 0.05) is 5.02 Å². The second kappa shape index (κ2) is 8.27. The number of rotatable bonds is 5. The lowest BCUT2D eigenvalue weighted by atomic mass is 10.0. The average molecular weight is 491 g/mol. The molecule has 4 rings (SSSR count). The summed E-state index contributed by atoms with van der Waals surface area (Å²) in [6.45, 7) is 1.00. The van der Waals surface area contributed by atoms with Gasteiger partial charge in [0.05, 0.1) is 39.4 Å². The fraction of sp³-hybridized carbons (Fsp3) is 0.273. The number of hydrogen-bond donors (Lipinski definition) is 1. The molecular weight excluding hydrogens is 472 g/mol. The van der Waals surface area contributed by atoms with Crippen LogP contribution in [0.1, 0.15) is 44.4 Å². The number of anilines is 1. The summed E-state index contributed by atoms with van der Waals surface area (Å²) in [5.41, 5.74) is -0.394. The Morgan fingerprint density at radius 2 is 1.76 bits per heavy atom. The summed E-state index contributed by atoms with van der Waals surface area (Å²) in [6, 6.07) is 10.1. The van der Waals surface area contributed by atoms with Gasteiger partial charge in [-0.3, -0.25) is 14.4 Å². The first kappa shape index (κ1) is 22.9. The van der Waals surface area contributed by atoms with Gasteiger partial charge in [0.25, 0.3) is 17.7 Å². The van der Waals surface area contributed by atoms with Gasteiger partial charge in [0.15, 0.2) is 16.4 Å². The van der Waals surface area contributed by atoms with Crippen LogP contribution in [-0.4, -0.2) is 55.8 Å². The number of amides is 3. The normalized spacial score (nSPS) is 21.1. The first-order chi connectivity index (χ1) is 15.5. The van der Waals surface area contributed by atoms with Crippen molar-refractivity contribution in [1.29, 1.82) is 0 Å². The van der Waals surface area contributed by atoms with Crippen molar-refractivity contribution in [3.8, 4) is 0 Å². The maximum Gasteiger partial charge on any atom is 0.338 e. The van der Waals surface area contributed by atoms with Crippen LogP contribution in [-0.2, 0) is 19.4 Å². The molecule has 1 saturated heterocycles. The van der Waals surface area contributed by atoms with Crippen LogP contribution in [0.5, 0.6) is 0 Å². The van der Waals surface area contributed by atoms with E-state index in [1.54, 1.807) is 19.1 Å². The highest BCUT2D eigenvalue weighted by Gasteiger charge is 2.40. The van der Waals surface area contributed by atoms with Gasteiger partial charge >= 0.3 is 5.97 Å². The number of fused-ring (bicyclic) bond motifs is 1. The maximum atomic E-state index is 12.8. The maximum absolute atomic E-state index is 12.8. The van der Waals surface area contributed by atoms with Crippen molar-refractivity contribution in [3.05, 3.63) is 64.2 Å². The zero-order chi connectivity index (χ0) is 24.0. The van der Waals surface area contributed by atoms with E-state index in [0.717, 1.165) is 4.90 Å². The van der Waals surface area contributed by atoms with Gasteiger partial charge in [-0.15, -0.1) is 0 Å². The van der Waals surface area contributed by atoms with Crippen molar-refractivity contribution in [2.75, 3.05) is 23.0 Å². The number of ether oxygens (including phenoxy) is 1. The summed E-state index contributed by atoms with van der Waals surface area (Å²) in [6.07, 6.45) is 0.278. The predicted octanol–water partition coefficient (Wildman–Crippen LogP) is 1.99. The first-order valence-corrected chi connectivity index (χ1v) is 12.1. The quantitative estimate of drug-likeness (QED) is 0.501. The number of imide groups is 1. The summed E-state index contributed by atoms with van der Waals surface area (Å²) < 4.78 is 28.3. The van der Waals surface area contributed by atoms with E-state index in [4.69, 9.17) is 16.3 Å². The minimum atomic E-state index is -3.21. The van der Waals surface area contributed by atoms with E-state index in [2.05, 4.69) is 5.32 Å². The van der Waals surface area contributed by atoms with Crippen LogP contribution in [0, 0.1) is 0 Å². The molecule has 1 N–H and O–H groups in total. The SMILES string of the molecule is CC1(NC(=O)COC(=O)c2ccc3c(c2)C(=O)N(c2ccc(Cl)cc2)C3=O)CCS(=O)(=O)C1. The Bertz CT molecular complexity index is 1290. The molecule has 11 heteroatoms. The third-order valence-corrected chi connectivity index (χ3v) is 7.64. The average Bonchev–Trinajstić information content (AvgIpc) is 3.18. The summed E-state index contributed by atoms with van der Waals surface area (Å²) in [5.74, 6) is -2.81. The number of halogens is 1. The number of hydrogen-bond acceptors (Lipinski definition) is 7. The van der Waals surface area contributed by atoms with Crippen molar-refractivity contribution in [2.45, 2.75) is 18.9 Å². The molecule has 2 heterocycles. The van der Waals surface area contributed by atoms with Gasteiger partial charge in [-0.1, -0.05) is 11.6 Å². The van der Waals surface area contributed by atoms with E-state index in [-0.39, 0.29) is 34.6 Å². The van der Waals surface area contributed by atoms with Gasteiger partial charge in [-0.25, -0.2) is 18.1 Å². The molecule has 2 aliphatic heterocycles. The summed E-state index contributed by atoms with van der Waals surface area (Å²) in [5, 5.41) is 3.04. The lowest BCUT2D eigenvalue weighted by Crippen LogP contribution is -2.48. The van der Waals surface area contributed by atoms with Crippen molar-refractivity contribution in [3.63, 3.8) is 0 Å². The van der Waals surface area contributed by atoms with Crippen molar-refractivity contribution >= 4 is 50.8 Å². The molecule has 0 radical (unpaired) electrons. The Labute approximate surface area is 194 Å². The molecule has 0 aliphatic carbocycles. The summed E-state index contributed by atoms with van der Waals surface area (Å²) in [4.78, 5) is 51.1. The number of nitrogens with one attached hydrogen (secondary N) is 1. The van der Waals surface area contributed by atoms with Crippen LogP contribution in [0.2, 0.25) is 5.02 Å². The minimum absolute atomic E-state index is 0.00434. The van der Waals surface area contributed by atoms with Crippen LogP contribution in [0.25, 0.3) is 0 Å². The Morgan fingerprint density at radius 3 is 2.39 bits per heavy atom. The van der Waals surface area contributed by atoms with E-state index >= 15 is 0 Å². The molecule has 0 bridgehead atoms. The molecule has 9 nitrogen and oxygen atoms in total. The molecule has 1 atom stereocenters. The second-order valence-electron chi connectivity index (χ2n) is 8.21. The smallest absolute Gasteiger partial charge is 0.338 e. The van der Waals surface area contributed by atoms with E-state index in [1.807, 2.05) is 0 Å². The first-order valence-electron chi connectivity index (χ1n) is 9.95. The molecule has 2 aromatic rings. The Balaban J connectivity index is 1.43. The number of benzene rings is 2. The van der Waals surface area contributed by atoms with Gasteiger partial charge in [-0.2, -0.15) is 0 Å². The second-order valence-corrected chi connectivity index (χ2v) is 10.8. The highest BCUT2D eigenvalue weighted by atomic mass is 35.5. The molecule has 2 aromatic carbocycles. The van der Waals surface area contributed by atoms with E-state index in [9.17, 15) is 27.6 Å². The molecular formula is C22H19ClN2O7S. The minimum Gasteiger partial charge on any atom is -0.452 e. The zero-order valence-corrected chi connectivity index (χ0v) is 19.0. The Kier molecular flexibility index (Phi) is 5.75. The topological polar surface area (TPSA) is 127 Å². The fourth-order valence-electron chi connectivity index (χ4n) is 3.89. The molecule has 0 saturated carbocycles. The standard InChI is InChI=1S/C22H19ClN2O7S/c1-22(8-9-33(30,31)12-22)24-18(26)11-32-21(29)13-2-7-16-17(10-13)20(28)25(19(16)27)15-5-3-14(23)4-6-15/h2-7,10H,8-9,11-12H2,1H3,(H,24,26). The molecule has 33 heavy (non-hydrogen) atoms. The summed E-state index contributed by atoms with van der Waals surface area (Å²) >= 11 is 5.86. The predicted molar refractivity (Wildman–Crippen MR) is 119 cm³/mol. The van der Waals surface area contributed by atoms with Crippen molar-refractivity contribution in [2.24, 2.45) is 0 Å². The Morgan fingerprint density at radius 1 is 1.09 bits per heavy atom. The number of esters is 1. The van der Waals surface area contributed by atoms with E-state index in [0.29, 0.717) is 10.7 Å². The van der Waals surface area contributed by atoms with Crippen molar-refractivity contribution in [1.82, 2.24) is 5.32 Å². The molecule has 2 aliphatic rings. The van der Waals surface area contributed by atoms with E-state index in [1.165, 1.54) is 30.3 Å². The number of carbonyl (C=O) groups excluding carboxylic acids is 4. The molecule has 0 aromatic heterocycles. The number of sulfone groups is 1. The van der Waals surface area contributed by atoms with Crippen LogP contribution in [0.3, 0.4) is 0 Å². The Hall–Kier alpha value is -3.24. The van der Waals surface area contributed by atoms with Crippen LogP contribution < -0.4 is 10.2 Å². The monoisotopic (exact) mass is 490 g/mol. The van der Waals surface area contributed by atoms with E-state index < -0.39 is 45.7 Å². The highest BCUT2D eigenvalue weighted by molar-refractivity contribution is 7.91. The van der Waals surface area contributed by atoms with Gasteiger partial charge < -0.3 is 10.1 Å². The fourth-order valence-corrected chi connectivity index (χ4v) is 6.11. The lowest BCUT2D eigenvalue weighted by Gasteiger charge is -2.23. The molecule has 1 fully saturated rings. The number of carbonyl (C=O) groups is 4.